The van der Waals surface area contributed by atoms with Crippen molar-refractivity contribution in [3.8, 4) is 22.9 Å². The molecule has 0 saturated carbocycles. The molecule has 33 heavy (non-hydrogen) atoms. The molecule has 1 amide bonds. The highest BCUT2D eigenvalue weighted by molar-refractivity contribution is 7.99. The maximum Gasteiger partial charge on any atom is 0.231 e. The zero-order chi connectivity index (χ0) is 23.4. The molecule has 2 heterocycles. The lowest BCUT2D eigenvalue weighted by Crippen LogP contribution is -2.24. The van der Waals surface area contributed by atoms with Crippen LogP contribution in [0.5, 0.6) is 11.5 Å². The Morgan fingerprint density at radius 2 is 1.91 bits per heavy atom. The van der Waals surface area contributed by atoms with Gasteiger partial charge in [0.25, 0.3) is 0 Å². The van der Waals surface area contributed by atoms with Crippen LogP contribution in [0.2, 0.25) is 0 Å². The molecule has 0 aliphatic carbocycles. The highest BCUT2D eigenvalue weighted by atomic mass is 32.2. The molecule has 1 aromatic heterocycles. The van der Waals surface area contributed by atoms with Gasteiger partial charge in [0, 0.05) is 18.7 Å². The molecule has 0 fully saturated rings. The second-order valence-corrected chi connectivity index (χ2v) is 9.73. The standard InChI is InChI=1S/C25H28N4O3S/c1-5-12-29-23(18-7-9-19(10-8-18)25(2,3)4)27-28-24(29)33-15-22(30)26-14-17-6-11-20-21(13-17)32-16-31-20/h5-11,13H,1,12,14-16H2,2-4H3,(H,26,30). The zero-order valence-corrected chi connectivity index (χ0v) is 19.9. The van der Waals surface area contributed by atoms with Gasteiger partial charge in [-0.15, -0.1) is 16.8 Å². The third-order valence-corrected chi connectivity index (χ3v) is 6.26. The highest BCUT2D eigenvalue weighted by Gasteiger charge is 2.18. The number of nitrogens with zero attached hydrogens (tertiary/aromatic N) is 3. The fourth-order valence-corrected chi connectivity index (χ4v) is 4.23. The van der Waals surface area contributed by atoms with Crippen molar-refractivity contribution in [1.82, 2.24) is 20.1 Å². The van der Waals surface area contributed by atoms with Crippen molar-refractivity contribution in [2.75, 3.05) is 12.5 Å². The predicted molar refractivity (Wildman–Crippen MR) is 129 cm³/mol. The second-order valence-electron chi connectivity index (χ2n) is 8.79. The molecule has 0 spiro atoms. The van der Waals surface area contributed by atoms with Gasteiger partial charge < -0.3 is 14.8 Å². The summed E-state index contributed by atoms with van der Waals surface area (Å²) in [5, 5.41) is 12.3. The van der Waals surface area contributed by atoms with E-state index in [1.807, 2.05) is 22.8 Å². The van der Waals surface area contributed by atoms with E-state index in [0.717, 1.165) is 22.7 Å². The summed E-state index contributed by atoms with van der Waals surface area (Å²) in [6, 6.07) is 14.0. The van der Waals surface area contributed by atoms with E-state index in [4.69, 9.17) is 9.47 Å². The summed E-state index contributed by atoms with van der Waals surface area (Å²) in [7, 11) is 0. The summed E-state index contributed by atoms with van der Waals surface area (Å²) in [5.74, 6) is 2.35. The summed E-state index contributed by atoms with van der Waals surface area (Å²) in [4.78, 5) is 12.4. The molecule has 7 nitrogen and oxygen atoms in total. The maximum atomic E-state index is 12.4. The van der Waals surface area contributed by atoms with Gasteiger partial charge in [-0.25, -0.2) is 0 Å². The van der Waals surface area contributed by atoms with Gasteiger partial charge >= 0.3 is 0 Å². The van der Waals surface area contributed by atoms with E-state index >= 15 is 0 Å². The zero-order valence-electron chi connectivity index (χ0n) is 19.1. The van der Waals surface area contributed by atoms with Crippen molar-refractivity contribution in [1.29, 1.82) is 0 Å². The molecule has 4 rings (SSSR count). The Hall–Kier alpha value is -3.26. The molecule has 2 aromatic carbocycles. The van der Waals surface area contributed by atoms with Crippen LogP contribution in [-0.2, 0) is 23.3 Å². The molecule has 0 bridgehead atoms. The number of fused-ring (bicyclic) bond motifs is 1. The number of carbonyl (C=O) groups is 1. The molecular formula is C25H28N4O3S. The van der Waals surface area contributed by atoms with Gasteiger partial charge in [0.1, 0.15) is 0 Å². The number of allylic oxidation sites excluding steroid dienone is 1. The minimum absolute atomic E-state index is 0.0816. The number of benzene rings is 2. The molecule has 172 valence electrons. The van der Waals surface area contributed by atoms with Gasteiger partial charge in [-0.05, 0) is 28.7 Å². The first kappa shape index (κ1) is 22.9. The lowest BCUT2D eigenvalue weighted by Gasteiger charge is -2.19. The highest BCUT2D eigenvalue weighted by Crippen LogP contribution is 2.32. The fourth-order valence-electron chi connectivity index (χ4n) is 3.45. The number of thioether (sulfide) groups is 1. The summed E-state index contributed by atoms with van der Waals surface area (Å²) >= 11 is 1.36. The van der Waals surface area contributed by atoms with Gasteiger partial charge in [0.2, 0.25) is 12.7 Å². The van der Waals surface area contributed by atoms with E-state index in [-0.39, 0.29) is 23.9 Å². The number of rotatable bonds is 8. The van der Waals surface area contributed by atoms with Crippen molar-refractivity contribution in [2.24, 2.45) is 0 Å². The Bertz CT molecular complexity index is 1150. The van der Waals surface area contributed by atoms with Crippen LogP contribution >= 0.6 is 11.8 Å². The Morgan fingerprint density at radius 1 is 1.15 bits per heavy atom. The first-order valence-corrected chi connectivity index (χ1v) is 11.8. The third-order valence-electron chi connectivity index (χ3n) is 5.30. The minimum Gasteiger partial charge on any atom is -0.454 e. The number of amides is 1. The lowest BCUT2D eigenvalue weighted by molar-refractivity contribution is -0.118. The van der Waals surface area contributed by atoms with Crippen LogP contribution in [-0.4, -0.2) is 33.2 Å². The van der Waals surface area contributed by atoms with Crippen LogP contribution < -0.4 is 14.8 Å². The van der Waals surface area contributed by atoms with Crippen LogP contribution in [0.25, 0.3) is 11.4 Å². The van der Waals surface area contributed by atoms with E-state index in [1.165, 1.54) is 17.3 Å². The Kier molecular flexibility index (Phi) is 6.74. The number of hydrogen-bond donors (Lipinski definition) is 1. The largest absolute Gasteiger partial charge is 0.454 e. The molecule has 0 unspecified atom stereocenters. The molecule has 0 radical (unpaired) electrons. The van der Waals surface area contributed by atoms with E-state index in [0.29, 0.717) is 24.0 Å². The van der Waals surface area contributed by atoms with Crippen LogP contribution in [0.3, 0.4) is 0 Å². The molecular weight excluding hydrogens is 436 g/mol. The summed E-state index contributed by atoms with van der Waals surface area (Å²) in [6.45, 7) is 11.6. The SMILES string of the molecule is C=CCn1c(SCC(=O)NCc2ccc3c(c2)OCO3)nnc1-c1ccc(C(C)(C)C)cc1. The van der Waals surface area contributed by atoms with Crippen LogP contribution in [0.1, 0.15) is 31.9 Å². The van der Waals surface area contributed by atoms with Crippen molar-refractivity contribution < 1.29 is 14.3 Å². The first-order valence-electron chi connectivity index (χ1n) is 10.8. The van der Waals surface area contributed by atoms with Crippen molar-refractivity contribution >= 4 is 17.7 Å². The van der Waals surface area contributed by atoms with Crippen molar-refractivity contribution in [2.45, 2.75) is 44.4 Å². The van der Waals surface area contributed by atoms with Crippen molar-refractivity contribution in [3.05, 3.63) is 66.2 Å². The predicted octanol–water partition coefficient (Wildman–Crippen LogP) is 4.57. The van der Waals surface area contributed by atoms with Crippen LogP contribution in [0.4, 0.5) is 0 Å². The molecule has 3 aromatic rings. The molecule has 0 saturated heterocycles. The summed E-state index contributed by atoms with van der Waals surface area (Å²) in [6.07, 6.45) is 1.81. The third kappa shape index (κ3) is 5.39. The summed E-state index contributed by atoms with van der Waals surface area (Å²) < 4.78 is 12.7. The van der Waals surface area contributed by atoms with E-state index < -0.39 is 0 Å². The molecule has 1 aliphatic heterocycles. The quantitative estimate of drug-likeness (QED) is 0.389. The summed E-state index contributed by atoms with van der Waals surface area (Å²) in [5.41, 5.74) is 3.28. The number of ether oxygens (including phenoxy) is 2. The topological polar surface area (TPSA) is 78.3 Å². The number of aromatic nitrogens is 3. The van der Waals surface area contributed by atoms with E-state index in [1.54, 1.807) is 6.08 Å². The smallest absolute Gasteiger partial charge is 0.231 e. The molecule has 1 N–H and O–H groups in total. The van der Waals surface area contributed by atoms with Gasteiger partial charge in [-0.3, -0.25) is 9.36 Å². The van der Waals surface area contributed by atoms with E-state index in [2.05, 4.69) is 67.1 Å². The monoisotopic (exact) mass is 464 g/mol. The molecule has 0 atom stereocenters. The Labute approximate surface area is 198 Å². The minimum atomic E-state index is -0.0816. The Balaban J connectivity index is 1.39. The maximum absolute atomic E-state index is 12.4. The van der Waals surface area contributed by atoms with Crippen LogP contribution in [0.15, 0.2) is 60.3 Å². The second kappa shape index (κ2) is 9.70. The Morgan fingerprint density at radius 3 is 2.64 bits per heavy atom. The number of hydrogen-bond acceptors (Lipinski definition) is 6. The van der Waals surface area contributed by atoms with Gasteiger partial charge in [0.05, 0.1) is 5.75 Å². The van der Waals surface area contributed by atoms with Gasteiger partial charge in [-0.2, -0.15) is 0 Å². The van der Waals surface area contributed by atoms with Gasteiger partial charge in [0.15, 0.2) is 22.5 Å². The fraction of sp³-hybridized carbons (Fsp3) is 0.320. The number of carbonyl (C=O) groups excluding carboxylic acids is 1. The molecule has 1 aliphatic rings. The number of nitrogens with one attached hydrogen (secondary N) is 1. The van der Waals surface area contributed by atoms with E-state index in [9.17, 15) is 4.79 Å². The van der Waals surface area contributed by atoms with Gasteiger partial charge in [-0.1, -0.05) is 68.9 Å². The molecule has 8 heteroatoms. The normalized spacial score (nSPS) is 12.6. The van der Waals surface area contributed by atoms with Crippen molar-refractivity contribution in [3.63, 3.8) is 0 Å². The first-order chi connectivity index (χ1) is 15.8. The average Bonchev–Trinajstić information content (AvgIpc) is 3.42. The average molecular weight is 465 g/mol. The van der Waals surface area contributed by atoms with Crippen LogP contribution in [0, 0.1) is 0 Å². The lowest BCUT2D eigenvalue weighted by atomic mass is 9.87.